The van der Waals surface area contributed by atoms with Crippen molar-refractivity contribution in [2.24, 2.45) is 0 Å². The lowest BCUT2D eigenvalue weighted by atomic mass is 10.2. The van der Waals surface area contributed by atoms with Crippen LogP contribution < -0.4 is 10.6 Å². The summed E-state index contributed by atoms with van der Waals surface area (Å²) >= 11 is 12.2. The van der Waals surface area contributed by atoms with Gasteiger partial charge in [0.2, 0.25) is 5.95 Å². The van der Waals surface area contributed by atoms with E-state index in [0.717, 1.165) is 11.4 Å². The van der Waals surface area contributed by atoms with Gasteiger partial charge in [0.1, 0.15) is 5.82 Å². The summed E-state index contributed by atoms with van der Waals surface area (Å²) in [4.78, 5) is 8.80. The van der Waals surface area contributed by atoms with Gasteiger partial charge in [0.15, 0.2) is 0 Å². The molecule has 0 unspecified atom stereocenters. The summed E-state index contributed by atoms with van der Waals surface area (Å²) in [6.07, 6.45) is 0. The monoisotopic (exact) mass is 369 g/mol. The van der Waals surface area contributed by atoms with Crippen LogP contribution in [0.4, 0.5) is 23.1 Å². The maximum Gasteiger partial charge on any atom is 0.229 e. The standard InChI is InChI=1S/C18H13Cl2N5/c1-11-8-17(24-16-9-13(19)4-7-15(16)20)25-18(22-11)23-14-5-2-12(10-21)3-6-14/h2-9H,1H3,(H2,22,23,24,25). The third kappa shape index (κ3) is 4.38. The Labute approximate surface area is 155 Å². The van der Waals surface area contributed by atoms with Crippen molar-refractivity contribution < 1.29 is 0 Å². The van der Waals surface area contributed by atoms with E-state index in [1.807, 2.05) is 6.92 Å². The molecule has 0 aliphatic heterocycles. The molecule has 25 heavy (non-hydrogen) atoms. The van der Waals surface area contributed by atoms with E-state index in [2.05, 4.69) is 26.7 Å². The van der Waals surface area contributed by atoms with Crippen molar-refractivity contribution in [1.82, 2.24) is 9.97 Å². The van der Waals surface area contributed by atoms with Crippen LogP contribution in [0.5, 0.6) is 0 Å². The Morgan fingerprint density at radius 2 is 1.72 bits per heavy atom. The van der Waals surface area contributed by atoms with Crippen LogP contribution in [0.3, 0.4) is 0 Å². The highest BCUT2D eigenvalue weighted by atomic mass is 35.5. The summed E-state index contributed by atoms with van der Waals surface area (Å²) in [7, 11) is 0. The molecule has 2 aromatic carbocycles. The van der Waals surface area contributed by atoms with Crippen LogP contribution in [0.2, 0.25) is 10.0 Å². The number of nitriles is 1. The smallest absolute Gasteiger partial charge is 0.229 e. The zero-order chi connectivity index (χ0) is 17.8. The largest absolute Gasteiger partial charge is 0.339 e. The van der Waals surface area contributed by atoms with Crippen LogP contribution in [-0.4, -0.2) is 9.97 Å². The third-order valence-corrected chi connectivity index (χ3v) is 3.88. The predicted octanol–water partition coefficient (Wildman–Crippen LogP) is 5.45. The van der Waals surface area contributed by atoms with Gasteiger partial charge in [-0.1, -0.05) is 23.2 Å². The maximum absolute atomic E-state index is 8.85. The average molecular weight is 370 g/mol. The van der Waals surface area contributed by atoms with E-state index >= 15 is 0 Å². The molecule has 0 amide bonds. The predicted molar refractivity (Wildman–Crippen MR) is 101 cm³/mol. The van der Waals surface area contributed by atoms with Crippen molar-refractivity contribution in [3.63, 3.8) is 0 Å². The van der Waals surface area contributed by atoms with Crippen LogP contribution in [0.25, 0.3) is 0 Å². The first-order chi connectivity index (χ1) is 12.0. The molecular weight excluding hydrogens is 357 g/mol. The number of aryl methyl sites for hydroxylation is 1. The summed E-state index contributed by atoms with van der Waals surface area (Å²) in [5.74, 6) is 1.03. The van der Waals surface area contributed by atoms with Crippen LogP contribution in [0.1, 0.15) is 11.3 Å². The Morgan fingerprint density at radius 1 is 0.960 bits per heavy atom. The first kappa shape index (κ1) is 17.0. The second-order valence-electron chi connectivity index (χ2n) is 5.28. The van der Waals surface area contributed by atoms with Gasteiger partial charge >= 0.3 is 0 Å². The number of hydrogen-bond donors (Lipinski definition) is 2. The molecule has 0 aliphatic rings. The molecule has 124 valence electrons. The number of anilines is 4. The lowest BCUT2D eigenvalue weighted by Crippen LogP contribution is -2.02. The van der Waals surface area contributed by atoms with E-state index < -0.39 is 0 Å². The van der Waals surface area contributed by atoms with Crippen LogP contribution in [0, 0.1) is 18.3 Å². The molecule has 0 saturated carbocycles. The molecule has 7 heteroatoms. The number of nitrogens with one attached hydrogen (secondary N) is 2. The normalized spacial score (nSPS) is 10.2. The van der Waals surface area contributed by atoms with E-state index in [9.17, 15) is 0 Å². The topological polar surface area (TPSA) is 73.6 Å². The number of benzene rings is 2. The molecule has 0 fully saturated rings. The fourth-order valence-electron chi connectivity index (χ4n) is 2.18. The zero-order valence-electron chi connectivity index (χ0n) is 13.2. The molecule has 1 aromatic heterocycles. The van der Waals surface area contributed by atoms with Crippen molar-refractivity contribution >= 4 is 46.3 Å². The molecule has 0 radical (unpaired) electrons. The summed E-state index contributed by atoms with van der Waals surface area (Å²) < 4.78 is 0. The highest BCUT2D eigenvalue weighted by molar-refractivity contribution is 6.35. The van der Waals surface area contributed by atoms with Crippen molar-refractivity contribution in [2.45, 2.75) is 6.92 Å². The molecule has 3 rings (SSSR count). The van der Waals surface area contributed by atoms with Crippen molar-refractivity contribution in [3.05, 3.63) is 69.8 Å². The van der Waals surface area contributed by atoms with Crippen LogP contribution in [-0.2, 0) is 0 Å². The van der Waals surface area contributed by atoms with Crippen molar-refractivity contribution in [2.75, 3.05) is 10.6 Å². The molecular formula is C18H13Cl2N5. The fourth-order valence-corrected chi connectivity index (χ4v) is 2.51. The molecule has 0 atom stereocenters. The Balaban J connectivity index is 1.84. The Bertz CT molecular complexity index is 949. The third-order valence-electron chi connectivity index (χ3n) is 3.32. The second-order valence-corrected chi connectivity index (χ2v) is 6.13. The number of rotatable bonds is 4. The summed E-state index contributed by atoms with van der Waals surface area (Å²) in [5.41, 5.74) is 2.83. The first-order valence-corrected chi connectivity index (χ1v) is 8.14. The van der Waals surface area contributed by atoms with Gasteiger partial charge < -0.3 is 10.6 Å². The van der Waals surface area contributed by atoms with E-state index in [1.54, 1.807) is 48.5 Å². The second kappa shape index (κ2) is 7.39. The van der Waals surface area contributed by atoms with Gasteiger partial charge in [-0.3, -0.25) is 0 Å². The number of aromatic nitrogens is 2. The Kier molecular flexibility index (Phi) is 5.03. The zero-order valence-corrected chi connectivity index (χ0v) is 14.7. The Morgan fingerprint density at radius 3 is 2.44 bits per heavy atom. The molecule has 3 aromatic rings. The highest BCUT2D eigenvalue weighted by Gasteiger charge is 2.07. The summed E-state index contributed by atoms with van der Waals surface area (Å²) in [6.45, 7) is 1.87. The minimum absolute atomic E-state index is 0.436. The van der Waals surface area contributed by atoms with Gasteiger partial charge in [0.25, 0.3) is 0 Å². The molecule has 0 saturated heterocycles. The quantitative estimate of drug-likeness (QED) is 0.639. The van der Waals surface area contributed by atoms with Gasteiger partial charge in [-0.25, -0.2) is 4.98 Å². The lowest BCUT2D eigenvalue weighted by Gasteiger charge is -2.11. The minimum atomic E-state index is 0.436. The highest BCUT2D eigenvalue weighted by Crippen LogP contribution is 2.28. The van der Waals surface area contributed by atoms with Crippen molar-refractivity contribution in [1.29, 1.82) is 5.26 Å². The molecule has 1 heterocycles. The summed E-state index contributed by atoms with van der Waals surface area (Å²) in [5, 5.41) is 16.2. The van der Waals surface area contributed by atoms with Gasteiger partial charge in [-0.15, -0.1) is 0 Å². The number of halogens is 2. The van der Waals surface area contributed by atoms with Gasteiger partial charge in [-0.05, 0) is 49.4 Å². The van der Waals surface area contributed by atoms with Crippen LogP contribution >= 0.6 is 23.2 Å². The lowest BCUT2D eigenvalue weighted by molar-refractivity contribution is 1.11. The van der Waals surface area contributed by atoms with E-state index in [1.165, 1.54) is 0 Å². The van der Waals surface area contributed by atoms with Gasteiger partial charge in [0, 0.05) is 22.5 Å². The molecule has 2 N–H and O–H groups in total. The average Bonchev–Trinajstić information content (AvgIpc) is 2.58. The number of hydrogen-bond acceptors (Lipinski definition) is 5. The molecule has 5 nitrogen and oxygen atoms in total. The van der Waals surface area contributed by atoms with Crippen molar-refractivity contribution in [3.8, 4) is 6.07 Å². The molecule has 0 bridgehead atoms. The summed E-state index contributed by atoms with van der Waals surface area (Å²) in [6, 6.07) is 16.1. The van der Waals surface area contributed by atoms with E-state index in [4.69, 9.17) is 28.5 Å². The van der Waals surface area contributed by atoms with Crippen LogP contribution in [0.15, 0.2) is 48.5 Å². The SMILES string of the molecule is Cc1cc(Nc2cc(Cl)ccc2Cl)nc(Nc2ccc(C#N)cc2)n1. The van der Waals surface area contributed by atoms with Gasteiger partial charge in [-0.2, -0.15) is 10.2 Å². The number of nitrogens with zero attached hydrogens (tertiary/aromatic N) is 3. The Hall–Kier alpha value is -2.81. The van der Waals surface area contributed by atoms with Gasteiger partial charge in [0.05, 0.1) is 22.3 Å². The molecule has 0 spiro atoms. The minimum Gasteiger partial charge on any atom is -0.339 e. The fraction of sp³-hybridized carbons (Fsp3) is 0.0556. The first-order valence-electron chi connectivity index (χ1n) is 7.38. The van der Waals surface area contributed by atoms with E-state index in [-0.39, 0.29) is 0 Å². The van der Waals surface area contributed by atoms with E-state index in [0.29, 0.717) is 33.1 Å². The maximum atomic E-state index is 8.85. The molecule has 0 aliphatic carbocycles.